The van der Waals surface area contributed by atoms with Crippen LogP contribution >= 0.6 is 11.6 Å². The second kappa shape index (κ2) is 6.24. The summed E-state index contributed by atoms with van der Waals surface area (Å²) in [6.07, 6.45) is 0. The molecule has 0 saturated heterocycles. The first-order valence-electron chi connectivity index (χ1n) is 7.83. The van der Waals surface area contributed by atoms with Gasteiger partial charge in [-0.25, -0.2) is 0 Å². The minimum atomic E-state index is -0.420. The third-order valence-electron chi connectivity index (χ3n) is 4.10. The van der Waals surface area contributed by atoms with Gasteiger partial charge in [0.2, 0.25) is 5.88 Å². The Balaban J connectivity index is 2.12. The van der Waals surface area contributed by atoms with Gasteiger partial charge in [-0.15, -0.1) is 0 Å². The molecule has 0 fully saturated rings. The van der Waals surface area contributed by atoms with Crippen LogP contribution in [0.1, 0.15) is 0 Å². The molecule has 0 atom stereocenters. The summed E-state index contributed by atoms with van der Waals surface area (Å²) in [5, 5.41) is 15.3. The van der Waals surface area contributed by atoms with Gasteiger partial charge in [-0.2, -0.15) is 9.61 Å². The fourth-order valence-electron chi connectivity index (χ4n) is 2.95. The van der Waals surface area contributed by atoms with Crippen molar-refractivity contribution in [2.45, 2.75) is 0 Å². The minimum absolute atomic E-state index is 0.250. The summed E-state index contributed by atoms with van der Waals surface area (Å²) < 4.78 is 6.75. The standard InChI is InChI=1S/C19H14ClN3O3/c1-26-14-5-3-2-4-13(14)18-17(11-6-8-12(20)9-7-11)19-21-15(24)10-16(25)23(19)22-18/h2-10,25H,1H3,(H,21,24). The van der Waals surface area contributed by atoms with Crippen molar-refractivity contribution in [3.63, 3.8) is 0 Å². The van der Waals surface area contributed by atoms with E-state index in [1.807, 2.05) is 36.4 Å². The van der Waals surface area contributed by atoms with E-state index in [2.05, 4.69) is 10.1 Å². The zero-order valence-electron chi connectivity index (χ0n) is 13.7. The lowest BCUT2D eigenvalue weighted by atomic mass is 10.0. The summed E-state index contributed by atoms with van der Waals surface area (Å²) in [6.45, 7) is 0. The zero-order chi connectivity index (χ0) is 18.3. The maximum atomic E-state index is 11.9. The van der Waals surface area contributed by atoms with E-state index in [4.69, 9.17) is 16.3 Å². The van der Waals surface area contributed by atoms with E-state index in [0.29, 0.717) is 27.7 Å². The van der Waals surface area contributed by atoms with Crippen molar-refractivity contribution in [3.8, 4) is 34.0 Å². The number of benzene rings is 2. The Morgan fingerprint density at radius 3 is 2.62 bits per heavy atom. The first kappa shape index (κ1) is 16.2. The minimum Gasteiger partial charge on any atom is -0.496 e. The van der Waals surface area contributed by atoms with Crippen molar-refractivity contribution in [3.05, 3.63) is 70.0 Å². The van der Waals surface area contributed by atoms with Crippen molar-refractivity contribution in [1.29, 1.82) is 0 Å². The van der Waals surface area contributed by atoms with Gasteiger partial charge < -0.3 is 14.8 Å². The van der Waals surface area contributed by atoms with Gasteiger partial charge in [0.1, 0.15) is 17.1 Å². The predicted octanol–water partition coefficient (Wildman–Crippen LogP) is 3.72. The molecule has 0 aliphatic carbocycles. The van der Waals surface area contributed by atoms with Crippen LogP contribution in [0.15, 0.2) is 59.4 Å². The molecule has 2 aromatic carbocycles. The zero-order valence-corrected chi connectivity index (χ0v) is 14.5. The summed E-state index contributed by atoms with van der Waals surface area (Å²) >= 11 is 6.01. The SMILES string of the molecule is COc1ccccc1-c1nn2c(O)cc(=O)[nH]c2c1-c1ccc(Cl)cc1. The maximum absolute atomic E-state index is 11.9. The number of rotatable bonds is 3. The maximum Gasteiger partial charge on any atom is 0.254 e. The number of fused-ring (bicyclic) bond motifs is 1. The molecule has 0 saturated carbocycles. The molecule has 130 valence electrons. The highest BCUT2D eigenvalue weighted by atomic mass is 35.5. The largest absolute Gasteiger partial charge is 0.496 e. The molecule has 0 bridgehead atoms. The normalized spacial score (nSPS) is 11.0. The predicted molar refractivity (Wildman–Crippen MR) is 99.9 cm³/mol. The number of hydrogen-bond donors (Lipinski definition) is 2. The van der Waals surface area contributed by atoms with Crippen LogP contribution in [-0.2, 0) is 0 Å². The quantitative estimate of drug-likeness (QED) is 0.578. The fraction of sp³-hybridized carbons (Fsp3) is 0.0526. The molecule has 0 amide bonds. The third kappa shape index (κ3) is 2.60. The monoisotopic (exact) mass is 367 g/mol. The topological polar surface area (TPSA) is 79.6 Å². The number of halogens is 1. The number of nitrogens with zero attached hydrogens (tertiary/aromatic N) is 2. The molecule has 2 heterocycles. The number of nitrogens with one attached hydrogen (secondary N) is 1. The lowest BCUT2D eigenvalue weighted by Crippen LogP contribution is -2.07. The van der Waals surface area contributed by atoms with Crippen LogP contribution in [0, 0.1) is 0 Å². The number of aromatic nitrogens is 3. The average Bonchev–Trinajstić information content (AvgIpc) is 3.02. The first-order chi connectivity index (χ1) is 12.6. The van der Waals surface area contributed by atoms with Gasteiger partial charge in [0.05, 0.1) is 18.7 Å². The number of ether oxygens (including phenoxy) is 1. The van der Waals surface area contributed by atoms with Crippen molar-refractivity contribution in [2.24, 2.45) is 0 Å². The Bertz CT molecular complexity index is 1160. The van der Waals surface area contributed by atoms with Gasteiger partial charge in [0.15, 0.2) is 0 Å². The molecule has 0 unspecified atom stereocenters. The molecule has 2 aromatic heterocycles. The molecule has 0 aliphatic heterocycles. The van der Waals surface area contributed by atoms with E-state index in [1.54, 1.807) is 19.2 Å². The number of aromatic hydroxyl groups is 1. The van der Waals surface area contributed by atoms with Crippen molar-refractivity contribution >= 4 is 17.2 Å². The van der Waals surface area contributed by atoms with Crippen LogP contribution < -0.4 is 10.3 Å². The van der Waals surface area contributed by atoms with Gasteiger partial charge in [0, 0.05) is 10.6 Å². The van der Waals surface area contributed by atoms with Crippen LogP contribution in [-0.4, -0.2) is 26.8 Å². The lowest BCUT2D eigenvalue weighted by molar-refractivity contribution is 0.416. The van der Waals surface area contributed by atoms with E-state index in [-0.39, 0.29) is 5.88 Å². The lowest BCUT2D eigenvalue weighted by Gasteiger charge is -2.08. The van der Waals surface area contributed by atoms with Gasteiger partial charge in [-0.3, -0.25) is 4.79 Å². The van der Waals surface area contributed by atoms with E-state index >= 15 is 0 Å². The molecule has 4 rings (SSSR count). The molecule has 4 aromatic rings. The Labute approximate surface area is 153 Å². The van der Waals surface area contributed by atoms with Gasteiger partial charge in [-0.1, -0.05) is 35.9 Å². The second-order valence-corrected chi connectivity index (χ2v) is 6.12. The molecule has 6 nitrogen and oxygen atoms in total. The smallest absolute Gasteiger partial charge is 0.254 e. The number of para-hydroxylation sites is 1. The van der Waals surface area contributed by atoms with Crippen LogP contribution in [0.25, 0.3) is 28.0 Å². The van der Waals surface area contributed by atoms with Gasteiger partial charge >= 0.3 is 0 Å². The molecule has 0 aliphatic rings. The summed E-state index contributed by atoms with van der Waals surface area (Å²) in [5.74, 6) is 0.382. The Hall–Kier alpha value is -3.25. The summed E-state index contributed by atoms with van der Waals surface area (Å²) in [6, 6.07) is 15.7. The average molecular weight is 368 g/mol. The fourth-order valence-corrected chi connectivity index (χ4v) is 3.08. The Morgan fingerprint density at radius 2 is 1.88 bits per heavy atom. The van der Waals surface area contributed by atoms with Crippen molar-refractivity contribution in [2.75, 3.05) is 7.11 Å². The summed E-state index contributed by atoms with van der Waals surface area (Å²) in [7, 11) is 1.58. The van der Waals surface area contributed by atoms with E-state index in [1.165, 1.54) is 4.52 Å². The summed E-state index contributed by atoms with van der Waals surface area (Å²) in [4.78, 5) is 14.7. The Morgan fingerprint density at radius 1 is 1.15 bits per heavy atom. The van der Waals surface area contributed by atoms with Crippen LogP contribution in [0.2, 0.25) is 5.02 Å². The number of aromatic amines is 1. The summed E-state index contributed by atoms with van der Waals surface area (Å²) in [5.41, 5.74) is 2.74. The highest BCUT2D eigenvalue weighted by Gasteiger charge is 2.21. The van der Waals surface area contributed by atoms with E-state index in [0.717, 1.165) is 17.2 Å². The van der Waals surface area contributed by atoms with Gasteiger partial charge in [0.25, 0.3) is 5.56 Å². The van der Waals surface area contributed by atoms with Crippen LogP contribution in [0.3, 0.4) is 0 Å². The molecule has 0 radical (unpaired) electrons. The third-order valence-corrected chi connectivity index (χ3v) is 4.35. The van der Waals surface area contributed by atoms with E-state index in [9.17, 15) is 9.90 Å². The van der Waals surface area contributed by atoms with Crippen molar-refractivity contribution < 1.29 is 9.84 Å². The van der Waals surface area contributed by atoms with Crippen LogP contribution in [0.4, 0.5) is 0 Å². The Kier molecular flexibility index (Phi) is 3.89. The molecule has 0 spiro atoms. The van der Waals surface area contributed by atoms with Gasteiger partial charge in [-0.05, 0) is 29.8 Å². The molecule has 7 heteroatoms. The number of methoxy groups -OCH3 is 1. The van der Waals surface area contributed by atoms with E-state index < -0.39 is 5.56 Å². The molecule has 26 heavy (non-hydrogen) atoms. The molecule has 2 N–H and O–H groups in total. The van der Waals surface area contributed by atoms with Crippen molar-refractivity contribution in [1.82, 2.24) is 14.6 Å². The highest BCUT2D eigenvalue weighted by molar-refractivity contribution is 6.30. The first-order valence-corrected chi connectivity index (χ1v) is 8.20. The van der Waals surface area contributed by atoms with Crippen LogP contribution in [0.5, 0.6) is 11.6 Å². The number of hydrogen-bond acceptors (Lipinski definition) is 4. The molecular formula is C19H14ClN3O3. The highest BCUT2D eigenvalue weighted by Crippen LogP contribution is 2.39. The number of H-pyrrole nitrogens is 1. The molecular weight excluding hydrogens is 354 g/mol. The second-order valence-electron chi connectivity index (χ2n) is 5.68.